The molecule has 0 atom stereocenters. The fourth-order valence-electron chi connectivity index (χ4n) is 1.85. The van der Waals surface area contributed by atoms with Crippen LogP contribution in [0.4, 0.5) is 5.82 Å². The minimum Gasteiger partial charge on any atom is -0.478 e. The lowest BCUT2D eigenvalue weighted by molar-refractivity contribution is 0.0657. The SMILES string of the molecule is CC1(Nc2ccc(C(=O)O)cn2)CCOCC1. The lowest BCUT2D eigenvalue weighted by atomic mass is 9.92. The lowest BCUT2D eigenvalue weighted by Crippen LogP contribution is -2.40. The molecular formula is C12H16N2O3. The number of nitrogens with one attached hydrogen (secondary N) is 1. The third kappa shape index (κ3) is 2.94. The van der Waals surface area contributed by atoms with Gasteiger partial charge in [0.05, 0.1) is 5.56 Å². The molecule has 2 N–H and O–H groups in total. The molecule has 2 rings (SSSR count). The molecule has 0 bridgehead atoms. The largest absolute Gasteiger partial charge is 0.478 e. The number of aromatic carboxylic acids is 1. The zero-order chi connectivity index (χ0) is 12.3. The van der Waals surface area contributed by atoms with Crippen molar-refractivity contribution in [1.82, 2.24) is 4.98 Å². The minimum atomic E-state index is -0.957. The molecule has 1 aliphatic heterocycles. The highest BCUT2D eigenvalue weighted by molar-refractivity contribution is 5.87. The smallest absolute Gasteiger partial charge is 0.337 e. The van der Waals surface area contributed by atoms with Gasteiger partial charge in [-0.2, -0.15) is 0 Å². The molecule has 1 aromatic rings. The maximum Gasteiger partial charge on any atom is 0.337 e. The molecule has 0 unspecified atom stereocenters. The predicted molar refractivity (Wildman–Crippen MR) is 63.3 cm³/mol. The van der Waals surface area contributed by atoms with E-state index in [4.69, 9.17) is 9.84 Å². The summed E-state index contributed by atoms with van der Waals surface area (Å²) in [5.41, 5.74) is 0.184. The van der Waals surface area contributed by atoms with Crippen LogP contribution in [0.1, 0.15) is 30.1 Å². The molecule has 1 aromatic heterocycles. The summed E-state index contributed by atoms with van der Waals surface area (Å²) in [6.07, 6.45) is 3.22. The summed E-state index contributed by atoms with van der Waals surface area (Å²) in [5, 5.41) is 12.1. The molecular weight excluding hydrogens is 220 g/mol. The highest BCUT2D eigenvalue weighted by Crippen LogP contribution is 2.24. The molecule has 1 saturated heterocycles. The number of ether oxygens (including phenoxy) is 1. The Bertz CT molecular complexity index is 397. The first-order valence-corrected chi connectivity index (χ1v) is 5.64. The van der Waals surface area contributed by atoms with Crippen LogP contribution in [0.3, 0.4) is 0 Å². The average Bonchev–Trinajstić information content (AvgIpc) is 2.30. The second-order valence-corrected chi connectivity index (χ2v) is 4.54. The second kappa shape index (κ2) is 4.71. The summed E-state index contributed by atoms with van der Waals surface area (Å²) in [6, 6.07) is 3.25. The number of hydrogen-bond donors (Lipinski definition) is 2. The first-order valence-electron chi connectivity index (χ1n) is 5.64. The standard InChI is InChI=1S/C12H16N2O3/c1-12(4-6-17-7-5-12)14-10-3-2-9(8-13-10)11(15)16/h2-3,8H,4-7H2,1H3,(H,13,14)(H,15,16). The summed E-state index contributed by atoms with van der Waals surface area (Å²) in [4.78, 5) is 14.8. The van der Waals surface area contributed by atoms with Crippen molar-refractivity contribution >= 4 is 11.8 Å². The van der Waals surface area contributed by atoms with Crippen LogP contribution in [0.15, 0.2) is 18.3 Å². The molecule has 0 aromatic carbocycles. The summed E-state index contributed by atoms with van der Waals surface area (Å²) in [5.74, 6) is -0.249. The van der Waals surface area contributed by atoms with Crippen LogP contribution >= 0.6 is 0 Å². The van der Waals surface area contributed by atoms with Gasteiger partial charge >= 0.3 is 5.97 Å². The van der Waals surface area contributed by atoms with Crippen LogP contribution in [-0.4, -0.2) is 34.8 Å². The second-order valence-electron chi connectivity index (χ2n) is 4.54. The van der Waals surface area contributed by atoms with Crippen molar-refractivity contribution < 1.29 is 14.6 Å². The van der Waals surface area contributed by atoms with Crippen molar-refractivity contribution in [2.45, 2.75) is 25.3 Å². The first kappa shape index (κ1) is 11.9. The summed E-state index contributed by atoms with van der Waals surface area (Å²) >= 11 is 0. The van der Waals surface area contributed by atoms with Gasteiger partial charge in [0.2, 0.25) is 0 Å². The molecule has 5 heteroatoms. The third-order valence-electron chi connectivity index (χ3n) is 3.04. The number of rotatable bonds is 3. The predicted octanol–water partition coefficient (Wildman–Crippen LogP) is 1.76. The van der Waals surface area contributed by atoms with Gasteiger partial charge in [0, 0.05) is 24.9 Å². The number of carboxylic acids is 1. The van der Waals surface area contributed by atoms with E-state index in [1.807, 2.05) is 0 Å². The fraction of sp³-hybridized carbons (Fsp3) is 0.500. The van der Waals surface area contributed by atoms with Gasteiger partial charge in [0.25, 0.3) is 0 Å². The first-order chi connectivity index (χ1) is 8.09. The van der Waals surface area contributed by atoms with Crippen LogP contribution in [0.5, 0.6) is 0 Å². The Hall–Kier alpha value is -1.62. The van der Waals surface area contributed by atoms with Gasteiger partial charge in [0.1, 0.15) is 5.82 Å². The van der Waals surface area contributed by atoms with Crippen molar-refractivity contribution in [3.63, 3.8) is 0 Å². The van der Waals surface area contributed by atoms with Crippen LogP contribution in [0.2, 0.25) is 0 Å². The van der Waals surface area contributed by atoms with Crippen molar-refractivity contribution in [2.24, 2.45) is 0 Å². The quantitative estimate of drug-likeness (QED) is 0.836. The molecule has 17 heavy (non-hydrogen) atoms. The van der Waals surface area contributed by atoms with Gasteiger partial charge in [-0.15, -0.1) is 0 Å². The fourth-order valence-corrected chi connectivity index (χ4v) is 1.85. The lowest BCUT2D eigenvalue weighted by Gasteiger charge is -2.34. The van der Waals surface area contributed by atoms with Gasteiger partial charge in [-0.3, -0.25) is 0 Å². The number of anilines is 1. The van der Waals surface area contributed by atoms with Gasteiger partial charge in [-0.25, -0.2) is 9.78 Å². The van der Waals surface area contributed by atoms with E-state index >= 15 is 0 Å². The average molecular weight is 236 g/mol. The third-order valence-corrected chi connectivity index (χ3v) is 3.04. The topological polar surface area (TPSA) is 71.5 Å². The zero-order valence-electron chi connectivity index (χ0n) is 9.77. The molecule has 0 radical (unpaired) electrons. The van der Waals surface area contributed by atoms with E-state index in [2.05, 4.69) is 17.2 Å². The molecule has 0 saturated carbocycles. The monoisotopic (exact) mass is 236 g/mol. The van der Waals surface area contributed by atoms with Crippen molar-refractivity contribution in [3.05, 3.63) is 23.9 Å². The van der Waals surface area contributed by atoms with E-state index in [0.29, 0.717) is 5.82 Å². The molecule has 0 aliphatic carbocycles. The number of pyridine rings is 1. The Morgan fingerprint density at radius 3 is 2.71 bits per heavy atom. The molecule has 92 valence electrons. The van der Waals surface area contributed by atoms with E-state index < -0.39 is 5.97 Å². The number of carboxylic acid groups (broad SMARTS) is 1. The normalized spacial score (nSPS) is 18.6. The maximum absolute atomic E-state index is 10.7. The van der Waals surface area contributed by atoms with Crippen LogP contribution in [0.25, 0.3) is 0 Å². The number of nitrogens with zero attached hydrogens (tertiary/aromatic N) is 1. The molecule has 1 aliphatic rings. The Balaban J connectivity index is 2.05. The molecule has 0 spiro atoms. The summed E-state index contributed by atoms with van der Waals surface area (Å²) < 4.78 is 5.32. The molecule has 2 heterocycles. The Morgan fingerprint density at radius 1 is 1.47 bits per heavy atom. The highest BCUT2D eigenvalue weighted by Gasteiger charge is 2.27. The van der Waals surface area contributed by atoms with E-state index in [1.165, 1.54) is 6.20 Å². The van der Waals surface area contributed by atoms with Gasteiger partial charge in [-0.05, 0) is 31.9 Å². The summed E-state index contributed by atoms with van der Waals surface area (Å²) in [7, 11) is 0. The molecule has 5 nitrogen and oxygen atoms in total. The minimum absolute atomic E-state index is 0.0179. The van der Waals surface area contributed by atoms with E-state index in [-0.39, 0.29) is 11.1 Å². The number of aromatic nitrogens is 1. The van der Waals surface area contributed by atoms with Crippen LogP contribution < -0.4 is 5.32 Å². The van der Waals surface area contributed by atoms with Crippen LogP contribution in [0, 0.1) is 0 Å². The Kier molecular flexibility index (Phi) is 3.28. The highest BCUT2D eigenvalue weighted by atomic mass is 16.5. The van der Waals surface area contributed by atoms with Gasteiger partial charge in [0.15, 0.2) is 0 Å². The van der Waals surface area contributed by atoms with Crippen molar-refractivity contribution in [2.75, 3.05) is 18.5 Å². The van der Waals surface area contributed by atoms with E-state index in [1.54, 1.807) is 12.1 Å². The van der Waals surface area contributed by atoms with Crippen molar-refractivity contribution in [3.8, 4) is 0 Å². The Labute approximate surface area is 99.8 Å². The van der Waals surface area contributed by atoms with Crippen LogP contribution in [-0.2, 0) is 4.74 Å². The van der Waals surface area contributed by atoms with E-state index in [0.717, 1.165) is 26.1 Å². The molecule has 1 fully saturated rings. The number of hydrogen-bond acceptors (Lipinski definition) is 4. The van der Waals surface area contributed by atoms with E-state index in [9.17, 15) is 4.79 Å². The van der Waals surface area contributed by atoms with Crippen molar-refractivity contribution in [1.29, 1.82) is 0 Å². The number of carbonyl (C=O) groups is 1. The molecule has 0 amide bonds. The zero-order valence-corrected chi connectivity index (χ0v) is 9.77. The van der Waals surface area contributed by atoms with Gasteiger partial charge < -0.3 is 15.2 Å². The summed E-state index contributed by atoms with van der Waals surface area (Å²) in [6.45, 7) is 3.62. The Morgan fingerprint density at radius 2 is 2.18 bits per heavy atom. The van der Waals surface area contributed by atoms with Gasteiger partial charge in [-0.1, -0.05) is 0 Å². The maximum atomic E-state index is 10.7.